The molecule has 1 heterocycles. The number of rotatable bonds is 6. The molecular weight excluding hydrogens is 202 g/mol. The average Bonchev–Trinajstić information content (AvgIpc) is 3.07. The van der Waals surface area contributed by atoms with Gasteiger partial charge in [-0.2, -0.15) is 4.98 Å². The standard InChI is InChI=1S/C12H19N3O/c1-2-16-12-10(13)5-6-11(15-12)14-8-7-9-3-4-9/h5-6,9H,2-4,7-8,13H2,1H3,(H,14,15). The number of nitrogens with two attached hydrogens (primary N) is 1. The van der Waals surface area contributed by atoms with Crippen LogP contribution in [0, 0.1) is 5.92 Å². The molecule has 0 bridgehead atoms. The number of nitrogens with one attached hydrogen (secondary N) is 1. The maximum atomic E-state index is 5.75. The predicted octanol–water partition coefficient (Wildman–Crippen LogP) is 2.27. The van der Waals surface area contributed by atoms with E-state index in [1.54, 1.807) is 0 Å². The minimum absolute atomic E-state index is 0.527. The molecule has 0 aliphatic heterocycles. The summed E-state index contributed by atoms with van der Waals surface area (Å²) in [5.74, 6) is 2.31. The SMILES string of the molecule is CCOc1nc(NCCC2CC2)ccc1N. The van der Waals surface area contributed by atoms with Gasteiger partial charge in [-0.15, -0.1) is 0 Å². The highest BCUT2D eigenvalue weighted by molar-refractivity contribution is 5.53. The number of hydrogen-bond donors (Lipinski definition) is 2. The van der Waals surface area contributed by atoms with E-state index in [4.69, 9.17) is 10.5 Å². The molecule has 3 N–H and O–H groups in total. The summed E-state index contributed by atoms with van der Waals surface area (Å²) in [6.07, 6.45) is 4.01. The zero-order valence-electron chi connectivity index (χ0n) is 9.70. The van der Waals surface area contributed by atoms with Crippen LogP contribution in [-0.2, 0) is 0 Å². The predicted molar refractivity (Wildman–Crippen MR) is 65.6 cm³/mol. The number of nitrogen functional groups attached to an aromatic ring is 1. The molecule has 1 aliphatic carbocycles. The van der Waals surface area contributed by atoms with Crippen LogP contribution in [0.25, 0.3) is 0 Å². The van der Waals surface area contributed by atoms with Crippen molar-refractivity contribution in [2.24, 2.45) is 5.92 Å². The first kappa shape index (κ1) is 11.0. The van der Waals surface area contributed by atoms with E-state index in [9.17, 15) is 0 Å². The monoisotopic (exact) mass is 221 g/mol. The third-order valence-corrected chi connectivity index (χ3v) is 2.73. The zero-order valence-corrected chi connectivity index (χ0v) is 9.70. The summed E-state index contributed by atoms with van der Waals surface area (Å²) >= 11 is 0. The lowest BCUT2D eigenvalue weighted by atomic mass is 10.3. The van der Waals surface area contributed by atoms with E-state index in [-0.39, 0.29) is 0 Å². The highest BCUT2D eigenvalue weighted by Crippen LogP contribution is 2.32. The Morgan fingerprint density at radius 3 is 3.00 bits per heavy atom. The van der Waals surface area contributed by atoms with Crippen LogP contribution in [-0.4, -0.2) is 18.1 Å². The van der Waals surface area contributed by atoms with Crippen LogP contribution >= 0.6 is 0 Å². The molecule has 4 heteroatoms. The van der Waals surface area contributed by atoms with Crippen molar-refractivity contribution in [2.45, 2.75) is 26.2 Å². The maximum Gasteiger partial charge on any atom is 0.239 e. The third kappa shape index (κ3) is 3.02. The Bertz CT molecular complexity index is 350. The fourth-order valence-corrected chi connectivity index (χ4v) is 1.61. The molecule has 2 rings (SSSR count). The minimum Gasteiger partial charge on any atom is -0.476 e. The second kappa shape index (κ2) is 5.05. The van der Waals surface area contributed by atoms with Crippen LogP contribution in [0.1, 0.15) is 26.2 Å². The van der Waals surface area contributed by atoms with Gasteiger partial charge in [0, 0.05) is 6.54 Å². The Morgan fingerprint density at radius 1 is 1.50 bits per heavy atom. The molecular formula is C12H19N3O. The van der Waals surface area contributed by atoms with Gasteiger partial charge in [0.05, 0.1) is 12.3 Å². The van der Waals surface area contributed by atoms with Crippen LogP contribution in [0.2, 0.25) is 0 Å². The summed E-state index contributed by atoms with van der Waals surface area (Å²) in [6, 6.07) is 3.72. The average molecular weight is 221 g/mol. The van der Waals surface area contributed by atoms with Gasteiger partial charge in [0.25, 0.3) is 0 Å². The van der Waals surface area contributed by atoms with Crippen molar-refractivity contribution in [1.29, 1.82) is 0 Å². The molecule has 88 valence electrons. The number of anilines is 2. The molecule has 0 amide bonds. The van der Waals surface area contributed by atoms with Crippen molar-refractivity contribution in [2.75, 3.05) is 24.2 Å². The molecule has 4 nitrogen and oxygen atoms in total. The first-order chi connectivity index (χ1) is 7.79. The first-order valence-corrected chi connectivity index (χ1v) is 5.92. The lowest BCUT2D eigenvalue weighted by Gasteiger charge is -2.09. The van der Waals surface area contributed by atoms with Gasteiger partial charge in [0.1, 0.15) is 5.82 Å². The third-order valence-electron chi connectivity index (χ3n) is 2.73. The second-order valence-electron chi connectivity index (χ2n) is 4.18. The Labute approximate surface area is 96.2 Å². The molecule has 0 saturated heterocycles. The summed E-state index contributed by atoms with van der Waals surface area (Å²) < 4.78 is 5.34. The first-order valence-electron chi connectivity index (χ1n) is 5.92. The fraction of sp³-hybridized carbons (Fsp3) is 0.583. The van der Waals surface area contributed by atoms with Gasteiger partial charge in [-0.05, 0) is 31.4 Å². The van der Waals surface area contributed by atoms with Crippen LogP contribution in [0.4, 0.5) is 11.5 Å². The van der Waals surface area contributed by atoms with Gasteiger partial charge in [0.2, 0.25) is 5.88 Å². The number of nitrogens with zero attached hydrogens (tertiary/aromatic N) is 1. The molecule has 1 saturated carbocycles. The minimum atomic E-state index is 0.527. The number of pyridine rings is 1. The van der Waals surface area contributed by atoms with Crippen molar-refractivity contribution in [1.82, 2.24) is 4.98 Å². The van der Waals surface area contributed by atoms with E-state index in [0.29, 0.717) is 18.2 Å². The Balaban J connectivity index is 1.89. The van der Waals surface area contributed by atoms with Gasteiger partial charge >= 0.3 is 0 Å². The highest BCUT2D eigenvalue weighted by Gasteiger charge is 2.20. The summed E-state index contributed by atoms with van der Waals surface area (Å²) in [4.78, 5) is 4.32. The van der Waals surface area contributed by atoms with E-state index < -0.39 is 0 Å². The van der Waals surface area contributed by atoms with Crippen molar-refractivity contribution in [3.05, 3.63) is 12.1 Å². The zero-order chi connectivity index (χ0) is 11.4. The van der Waals surface area contributed by atoms with Gasteiger partial charge in [-0.25, -0.2) is 0 Å². The van der Waals surface area contributed by atoms with Crippen molar-refractivity contribution >= 4 is 11.5 Å². The fourth-order valence-electron chi connectivity index (χ4n) is 1.61. The summed E-state index contributed by atoms with van der Waals surface area (Å²) in [7, 11) is 0. The number of hydrogen-bond acceptors (Lipinski definition) is 4. The molecule has 1 aliphatic rings. The van der Waals surface area contributed by atoms with E-state index in [1.807, 2.05) is 19.1 Å². The summed E-state index contributed by atoms with van der Waals surface area (Å²) in [6.45, 7) is 3.49. The Hall–Kier alpha value is -1.45. The van der Waals surface area contributed by atoms with Gasteiger partial charge in [-0.1, -0.05) is 12.8 Å². The Kier molecular flexibility index (Phi) is 3.49. The molecule has 16 heavy (non-hydrogen) atoms. The molecule has 0 radical (unpaired) electrons. The van der Waals surface area contributed by atoms with Crippen LogP contribution in [0.3, 0.4) is 0 Å². The molecule has 0 atom stereocenters. The molecule has 0 aromatic carbocycles. The van der Waals surface area contributed by atoms with Crippen LogP contribution < -0.4 is 15.8 Å². The molecule has 0 unspecified atom stereocenters. The summed E-state index contributed by atoms with van der Waals surface area (Å²) in [5, 5.41) is 3.30. The normalized spacial score (nSPS) is 14.8. The van der Waals surface area contributed by atoms with E-state index >= 15 is 0 Å². The largest absolute Gasteiger partial charge is 0.476 e. The number of ether oxygens (including phenoxy) is 1. The lowest BCUT2D eigenvalue weighted by molar-refractivity contribution is 0.329. The van der Waals surface area contributed by atoms with E-state index in [0.717, 1.165) is 18.3 Å². The van der Waals surface area contributed by atoms with Crippen molar-refractivity contribution in [3.63, 3.8) is 0 Å². The molecule has 1 fully saturated rings. The smallest absolute Gasteiger partial charge is 0.239 e. The van der Waals surface area contributed by atoms with Crippen molar-refractivity contribution in [3.8, 4) is 5.88 Å². The molecule has 0 spiro atoms. The van der Waals surface area contributed by atoms with Crippen LogP contribution in [0.15, 0.2) is 12.1 Å². The maximum absolute atomic E-state index is 5.75. The van der Waals surface area contributed by atoms with Gasteiger partial charge < -0.3 is 15.8 Å². The van der Waals surface area contributed by atoms with Crippen LogP contribution in [0.5, 0.6) is 5.88 Å². The quantitative estimate of drug-likeness (QED) is 0.773. The Morgan fingerprint density at radius 2 is 2.31 bits per heavy atom. The highest BCUT2D eigenvalue weighted by atomic mass is 16.5. The van der Waals surface area contributed by atoms with Gasteiger partial charge in [-0.3, -0.25) is 0 Å². The van der Waals surface area contributed by atoms with E-state index in [1.165, 1.54) is 19.3 Å². The molecule has 1 aromatic rings. The van der Waals surface area contributed by atoms with Gasteiger partial charge in [0.15, 0.2) is 0 Å². The lowest BCUT2D eigenvalue weighted by Crippen LogP contribution is -2.06. The topological polar surface area (TPSA) is 60.2 Å². The number of aromatic nitrogens is 1. The molecule has 1 aromatic heterocycles. The van der Waals surface area contributed by atoms with E-state index in [2.05, 4.69) is 10.3 Å². The summed E-state index contributed by atoms with van der Waals surface area (Å²) in [5.41, 5.74) is 6.34. The second-order valence-corrected chi connectivity index (χ2v) is 4.18. The van der Waals surface area contributed by atoms with Crippen molar-refractivity contribution < 1.29 is 4.74 Å².